The van der Waals surface area contributed by atoms with E-state index < -0.39 is 0 Å². The summed E-state index contributed by atoms with van der Waals surface area (Å²) in [7, 11) is 0. The average Bonchev–Trinajstić information content (AvgIpc) is 3.04. The standard InChI is InChI=1S/C17H19ClN4/c18-14-3-1-2-12(8-14)13-5-7-22(10-13)17-15-4-6-19-9-16(15)20-11-21-17/h1-3,8,11,13,19H,4-7,9-10H2/t13-/m1/s1. The Kier molecular flexibility index (Phi) is 3.72. The van der Waals surface area contributed by atoms with Gasteiger partial charge in [0.05, 0.1) is 5.69 Å². The third-order valence-corrected chi connectivity index (χ3v) is 4.90. The van der Waals surface area contributed by atoms with Gasteiger partial charge in [-0.1, -0.05) is 23.7 Å². The summed E-state index contributed by atoms with van der Waals surface area (Å²) in [6.45, 7) is 3.93. The summed E-state index contributed by atoms with van der Waals surface area (Å²) in [4.78, 5) is 11.4. The van der Waals surface area contributed by atoms with E-state index in [4.69, 9.17) is 11.6 Å². The van der Waals surface area contributed by atoms with Gasteiger partial charge >= 0.3 is 0 Å². The monoisotopic (exact) mass is 314 g/mol. The van der Waals surface area contributed by atoms with E-state index in [0.717, 1.165) is 55.6 Å². The Labute approximate surface area is 135 Å². The SMILES string of the molecule is Clc1cccc([C@@H]2CCN(c3ncnc4c3CCNC4)C2)c1. The van der Waals surface area contributed by atoms with Crippen molar-refractivity contribution in [1.82, 2.24) is 15.3 Å². The Balaban J connectivity index is 1.58. The molecule has 0 aliphatic carbocycles. The number of aromatic nitrogens is 2. The van der Waals surface area contributed by atoms with Crippen molar-refractivity contribution < 1.29 is 0 Å². The van der Waals surface area contributed by atoms with Gasteiger partial charge in [-0.2, -0.15) is 0 Å². The number of hydrogen-bond acceptors (Lipinski definition) is 4. The zero-order valence-corrected chi connectivity index (χ0v) is 13.2. The Morgan fingerprint density at radius 1 is 1.27 bits per heavy atom. The molecule has 4 nitrogen and oxygen atoms in total. The summed E-state index contributed by atoms with van der Waals surface area (Å²) in [5.41, 5.74) is 3.81. The maximum atomic E-state index is 6.13. The largest absolute Gasteiger partial charge is 0.356 e. The predicted octanol–water partition coefficient (Wildman–Crippen LogP) is 2.77. The molecule has 1 aromatic heterocycles. The number of benzene rings is 1. The zero-order valence-electron chi connectivity index (χ0n) is 12.4. The van der Waals surface area contributed by atoms with Crippen molar-refractivity contribution in [3.63, 3.8) is 0 Å². The summed E-state index contributed by atoms with van der Waals surface area (Å²) < 4.78 is 0. The van der Waals surface area contributed by atoms with E-state index in [0.29, 0.717) is 5.92 Å². The van der Waals surface area contributed by atoms with Gasteiger partial charge in [-0.3, -0.25) is 0 Å². The molecule has 1 N–H and O–H groups in total. The molecule has 114 valence electrons. The maximum Gasteiger partial charge on any atom is 0.135 e. The molecular weight excluding hydrogens is 296 g/mol. The lowest BCUT2D eigenvalue weighted by atomic mass is 9.99. The maximum absolute atomic E-state index is 6.13. The minimum Gasteiger partial charge on any atom is -0.356 e. The first-order valence-corrected chi connectivity index (χ1v) is 8.23. The first kappa shape index (κ1) is 14.0. The molecule has 22 heavy (non-hydrogen) atoms. The van der Waals surface area contributed by atoms with E-state index in [-0.39, 0.29) is 0 Å². The molecule has 2 aliphatic rings. The van der Waals surface area contributed by atoms with Crippen LogP contribution in [0.15, 0.2) is 30.6 Å². The Bertz CT molecular complexity index is 688. The lowest BCUT2D eigenvalue weighted by molar-refractivity contribution is 0.620. The van der Waals surface area contributed by atoms with E-state index >= 15 is 0 Å². The fraction of sp³-hybridized carbons (Fsp3) is 0.412. The molecule has 0 radical (unpaired) electrons. The number of anilines is 1. The van der Waals surface area contributed by atoms with Crippen LogP contribution in [-0.4, -0.2) is 29.6 Å². The molecule has 0 spiro atoms. The van der Waals surface area contributed by atoms with Crippen LogP contribution in [0.3, 0.4) is 0 Å². The van der Waals surface area contributed by atoms with Crippen molar-refractivity contribution in [1.29, 1.82) is 0 Å². The molecule has 2 aliphatic heterocycles. The number of hydrogen-bond donors (Lipinski definition) is 1. The van der Waals surface area contributed by atoms with Crippen LogP contribution in [0.25, 0.3) is 0 Å². The molecular formula is C17H19ClN4. The van der Waals surface area contributed by atoms with E-state index in [1.807, 2.05) is 12.1 Å². The highest BCUT2D eigenvalue weighted by Gasteiger charge is 2.28. The first-order valence-electron chi connectivity index (χ1n) is 7.85. The first-order chi connectivity index (χ1) is 10.8. The van der Waals surface area contributed by atoms with Crippen LogP contribution in [0, 0.1) is 0 Å². The molecule has 5 heteroatoms. The van der Waals surface area contributed by atoms with Gasteiger partial charge in [-0.05, 0) is 37.1 Å². The van der Waals surface area contributed by atoms with E-state index in [1.54, 1.807) is 6.33 Å². The number of halogens is 1. The van der Waals surface area contributed by atoms with Crippen LogP contribution in [-0.2, 0) is 13.0 Å². The number of nitrogens with zero attached hydrogens (tertiary/aromatic N) is 3. The van der Waals surface area contributed by atoms with Gasteiger partial charge in [0.1, 0.15) is 12.1 Å². The second-order valence-corrected chi connectivity index (χ2v) is 6.47. The minimum atomic E-state index is 0.533. The quantitative estimate of drug-likeness (QED) is 0.925. The Morgan fingerprint density at radius 3 is 3.14 bits per heavy atom. The lowest BCUT2D eigenvalue weighted by Gasteiger charge is -2.24. The van der Waals surface area contributed by atoms with Gasteiger partial charge in [0.2, 0.25) is 0 Å². The summed E-state index contributed by atoms with van der Waals surface area (Å²) in [5, 5.41) is 4.20. The summed E-state index contributed by atoms with van der Waals surface area (Å²) in [5.74, 6) is 1.67. The highest BCUT2D eigenvalue weighted by molar-refractivity contribution is 6.30. The Morgan fingerprint density at radius 2 is 2.23 bits per heavy atom. The van der Waals surface area contributed by atoms with E-state index in [9.17, 15) is 0 Å². The molecule has 1 fully saturated rings. The summed E-state index contributed by atoms with van der Waals surface area (Å²) in [6.07, 6.45) is 3.87. The van der Waals surface area contributed by atoms with E-state index in [2.05, 4.69) is 32.3 Å². The smallest absolute Gasteiger partial charge is 0.135 e. The fourth-order valence-corrected chi connectivity index (χ4v) is 3.72. The summed E-state index contributed by atoms with van der Waals surface area (Å²) in [6, 6.07) is 8.25. The Hall–Kier alpha value is -1.65. The van der Waals surface area contributed by atoms with Gasteiger partial charge < -0.3 is 10.2 Å². The molecule has 0 bridgehead atoms. The number of rotatable bonds is 2. The second kappa shape index (κ2) is 5.86. The van der Waals surface area contributed by atoms with Crippen molar-refractivity contribution in [2.45, 2.75) is 25.3 Å². The zero-order chi connectivity index (χ0) is 14.9. The normalized spacial score (nSPS) is 21.0. The van der Waals surface area contributed by atoms with Crippen LogP contribution in [0.5, 0.6) is 0 Å². The average molecular weight is 315 g/mol. The van der Waals surface area contributed by atoms with Crippen molar-refractivity contribution >= 4 is 17.4 Å². The molecule has 1 aromatic carbocycles. The van der Waals surface area contributed by atoms with Crippen LogP contribution in [0.1, 0.15) is 29.2 Å². The van der Waals surface area contributed by atoms with Gasteiger partial charge in [0.15, 0.2) is 0 Å². The van der Waals surface area contributed by atoms with E-state index in [1.165, 1.54) is 11.1 Å². The molecule has 0 amide bonds. The second-order valence-electron chi connectivity index (χ2n) is 6.04. The summed E-state index contributed by atoms with van der Waals surface area (Å²) >= 11 is 6.13. The van der Waals surface area contributed by atoms with Crippen LogP contribution < -0.4 is 10.2 Å². The topological polar surface area (TPSA) is 41.1 Å². The van der Waals surface area contributed by atoms with Crippen molar-refractivity contribution in [3.8, 4) is 0 Å². The van der Waals surface area contributed by atoms with Gasteiger partial charge in [0.25, 0.3) is 0 Å². The van der Waals surface area contributed by atoms with Crippen molar-refractivity contribution in [2.24, 2.45) is 0 Å². The number of nitrogens with one attached hydrogen (secondary N) is 1. The number of fused-ring (bicyclic) bond motifs is 1. The molecule has 0 saturated carbocycles. The van der Waals surface area contributed by atoms with Gasteiger partial charge in [0, 0.05) is 36.1 Å². The van der Waals surface area contributed by atoms with Gasteiger partial charge in [-0.25, -0.2) is 9.97 Å². The van der Waals surface area contributed by atoms with Crippen LogP contribution in [0.2, 0.25) is 5.02 Å². The third kappa shape index (κ3) is 2.57. The molecule has 3 heterocycles. The van der Waals surface area contributed by atoms with Gasteiger partial charge in [-0.15, -0.1) is 0 Å². The van der Waals surface area contributed by atoms with Crippen LogP contribution >= 0.6 is 11.6 Å². The highest BCUT2D eigenvalue weighted by Crippen LogP contribution is 2.33. The highest BCUT2D eigenvalue weighted by atomic mass is 35.5. The molecule has 2 aromatic rings. The van der Waals surface area contributed by atoms with Crippen molar-refractivity contribution in [2.75, 3.05) is 24.5 Å². The predicted molar refractivity (Wildman–Crippen MR) is 88.5 cm³/mol. The third-order valence-electron chi connectivity index (χ3n) is 4.66. The molecule has 1 atom stereocenters. The molecule has 1 saturated heterocycles. The van der Waals surface area contributed by atoms with Crippen LogP contribution in [0.4, 0.5) is 5.82 Å². The molecule has 4 rings (SSSR count). The van der Waals surface area contributed by atoms with Crippen molar-refractivity contribution in [3.05, 3.63) is 52.4 Å². The lowest BCUT2D eigenvalue weighted by Crippen LogP contribution is -2.29. The minimum absolute atomic E-state index is 0.533. The molecule has 0 unspecified atom stereocenters. The fourth-order valence-electron chi connectivity index (χ4n) is 3.52.